The highest BCUT2D eigenvalue weighted by atomic mass is 28.4. The molecule has 4 N–H and O–H groups in total. The first kappa shape index (κ1) is 20.3. The van der Waals surface area contributed by atoms with Crippen LogP contribution in [0.4, 0.5) is 0 Å². The zero-order chi connectivity index (χ0) is 17.3. The second-order valence-electron chi connectivity index (χ2n) is 5.53. The summed E-state index contributed by atoms with van der Waals surface area (Å²) in [7, 11) is -2.65. The molecular weight excluding hydrogens is 308 g/mol. The minimum atomic E-state index is -2.65. The Morgan fingerprint density at radius 2 is 1.43 bits per heavy atom. The summed E-state index contributed by atoms with van der Waals surface area (Å²) in [5, 5.41) is 0. The largest absolute Gasteiger partial charge is 0.501 e. The molecule has 0 aliphatic carbocycles. The van der Waals surface area contributed by atoms with E-state index in [1.807, 2.05) is 45.9 Å². The highest BCUT2D eigenvalue weighted by Crippen LogP contribution is 2.25. The highest BCUT2D eigenvalue weighted by molar-refractivity contribution is 6.60. The molecule has 0 fully saturated rings. The van der Waals surface area contributed by atoms with Gasteiger partial charge in [0.05, 0.1) is 5.66 Å². The van der Waals surface area contributed by atoms with Crippen molar-refractivity contribution < 1.29 is 13.3 Å². The lowest BCUT2D eigenvalue weighted by molar-refractivity contribution is 0.0714. The molecule has 0 atom stereocenters. The molecule has 0 aliphatic rings. The molecule has 1 aromatic carbocycles. The van der Waals surface area contributed by atoms with Crippen LogP contribution in [0.1, 0.15) is 45.2 Å². The van der Waals surface area contributed by atoms with Crippen LogP contribution in [0, 0.1) is 0 Å². The lowest BCUT2D eigenvalue weighted by atomic mass is 9.92. The molecule has 1 rings (SSSR count). The zero-order valence-corrected chi connectivity index (χ0v) is 15.9. The Hall–Kier alpha value is -0.763. The van der Waals surface area contributed by atoms with Crippen LogP contribution in [0.15, 0.2) is 24.3 Å². The molecule has 0 aromatic heterocycles. The van der Waals surface area contributed by atoms with Gasteiger partial charge in [-0.15, -0.1) is 0 Å². The van der Waals surface area contributed by atoms with Gasteiger partial charge in [-0.1, -0.05) is 31.2 Å². The Morgan fingerprint density at radius 3 is 1.91 bits per heavy atom. The average molecular weight is 341 g/mol. The molecule has 0 saturated carbocycles. The van der Waals surface area contributed by atoms with Crippen LogP contribution in [0.25, 0.3) is 0 Å². The third kappa shape index (κ3) is 5.67. The Morgan fingerprint density at radius 1 is 0.913 bits per heavy atom. The van der Waals surface area contributed by atoms with Gasteiger partial charge in [0, 0.05) is 25.9 Å². The maximum Gasteiger partial charge on any atom is 0.501 e. The standard InChI is InChI=1S/C17H32N2O3Si/c1-5-17(18,19)16-12-10-9-11-15(16)13-14-23(20-6-2,21-7-3)22-8-4/h9-12H,5-8,13-14,18-19H2,1-4H3. The van der Waals surface area contributed by atoms with E-state index in [9.17, 15) is 0 Å². The number of hydrogen-bond donors (Lipinski definition) is 2. The first-order chi connectivity index (χ1) is 10.9. The van der Waals surface area contributed by atoms with E-state index in [0.29, 0.717) is 26.2 Å². The van der Waals surface area contributed by atoms with Gasteiger partial charge in [-0.2, -0.15) is 0 Å². The van der Waals surface area contributed by atoms with Crippen LogP contribution in [0.5, 0.6) is 0 Å². The molecule has 0 spiro atoms. The first-order valence-electron chi connectivity index (χ1n) is 8.52. The Balaban J connectivity index is 2.97. The van der Waals surface area contributed by atoms with Crippen LogP contribution in [-0.4, -0.2) is 28.6 Å². The highest BCUT2D eigenvalue weighted by Gasteiger charge is 2.40. The monoisotopic (exact) mass is 340 g/mol. The van der Waals surface area contributed by atoms with E-state index in [4.69, 9.17) is 24.7 Å². The second-order valence-corrected chi connectivity index (χ2v) is 8.27. The molecule has 0 bridgehead atoms. The topological polar surface area (TPSA) is 79.7 Å². The summed E-state index contributed by atoms with van der Waals surface area (Å²) in [5.74, 6) is 0. The van der Waals surface area contributed by atoms with E-state index in [0.717, 1.165) is 23.6 Å². The van der Waals surface area contributed by atoms with Gasteiger partial charge >= 0.3 is 8.80 Å². The van der Waals surface area contributed by atoms with E-state index in [-0.39, 0.29) is 0 Å². The second kappa shape index (κ2) is 9.51. The molecule has 0 radical (unpaired) electrons. The van der Waals surface area contributed by atoms with Gasteiger partial charge in [-0.25, -0.2) is 0 Å². The summed E-state index contributed by atoms with van der Waals surface area (Å²) in [6.07, 6.45) is 1.45. The molecule has 0 heterocycles. The molecule has 0 unspecified atom stereocenters. The molecule has 0 amide bonds. The predicted molar refractivity (Wildman–Crippen MR) is 95.9 cm³/mol. The fraction of sp³-hybridized carbons (Fsp3) is 0.647. The Labute approximate surface area is 141 Å². The number of aryl methyl sites for hydroxylation is 1. The lowest BCUT2D eigenvalue weighted by Gasteiger charge is -2.30. The van der Waals surface area contributed by atoms with E-state index in [2.05, 4.69) is 6.07 Å². The van der Waals surface area contributed by atoms with E-state index in [1.165, 1.54) is 0 Å². The smallest absolute Gasteiger partial charge is 0.374 e. The van der Waals surface area contributed by atoms with Crippen molar-refractivity contribution in [3.8, 4) is 0 Å². The maximum atomic E-state index is 6.25. The number of rotatable bonds is 11. The van der Waals surface area contributed by atoms with Crippen molar-refractivity contribution in [1.82, 2.24) is 0 Å². The first-order valence-corrected chi connectivity index (χ1v) is 10.5. The van der Waals surface area contributed by atoms with Crippen LogP contribution >= 0.6 is 0 Å². The van der Waals surface area contributed by atoms with Crippen molar-refractivity contribution >= 4 is 8.80 Å². The average Bonchev–Trinajstić information content (AvgIpc) is 2.54. The van der Waals surface area contributed by atoms with Gasteiger partial charge in [-0.3, -0.25) is 0 Å². The van der Waals surface area contributed by atoms with Gasteiger partial charge in [0.1, 0.15) is 0 Å². The number of nitrogens with two attached hydrogens (primary N) is 2. The lowest BCUT2D eigenvalue weighted by Crippen LogP contribution is -2.47. The third-order valence-corrected chi connectivity index (χ3v) is 6.94. The normalized spacial score (nSPS) is 12.6. The molecular formula is C17H32N2O3Si. The molecule has 0 aliphatic heterocycles. The molecule has 132 valence electrons. The van der Waals surface area contributed by atoms with Crippen molar-refractivity contribution in [1.29, 1.82) is 0 Å². The van der Waals surface area contributed by atoms with Crippen molar-refractivity contribution in [2.75, 3.05) is 19.8 Å². The van der Waals surface area contributed by atoms with Crippen LogP contribution in [0.2, 0.25) is 6.04 Å². The summed E-state index contributed by atoms with van der Waals surface area (Å²) in [5.41, 5.74) is 13.8. The van der Waals surface area contributed by atoms with Gasteiger partial charge in [0.2, 0.25) is 0 Å². The van der Waals surface area contributed by atoms with Gasteiger partial charge in [-0.05, 0) is 44.7 Å². The SMILES string of the molecule is CCO[Si](CCc1ccccc1C(N)(N)CC)(OCC)OCC. The summed E-state index contributed by atoms with van der Waals surface area (Å²) in [6.45, 7) is 9.65. The van der Waals surface area contributed by atoms with Gasteiger partial charge < -0.3 is 24.7 Å². The van der Waals surface area contributed by atoms with Crippen LogP contribution < -0.4 is 11.5 Å². The van der Waals surface area contributed by atoms with Crippen molar-refractivity contribution in [3.63, 3.8) is 0 Å². The van der Waals surface area contributed by atoms with E-state index >= 15 is 0 Å². The summed E-state index contributed by atoms with van der Waals surface area (Å²) in [4.78, 5) is 0. The summed E-state index contributed by atoms with van der Waals surface area (Å²) >= 11 is 0. The minimum Gasteiger partial charge on any atom is -0.374 e. The Bertz CT molecular complexity index is 452. The molecule has 23 heavy (non-hydrogen) atoms. The van der Waals surface area contributed by atoms with Crippen molar-refractivity contribution in [2.24, 2.45) is 11.5 Å². The molecule has 0 saturated heterocycles. The van der Waals surface area contributed by atoms with Crippen LogP contribution in [0.3, 0.4) is 0 Å². The third-order valence-electron chi connectivity index (χ3n) is 3.90. The zero-order valence-electron chi connectivity index (χ0n) is 14.9. The van der Waals surface area contributed by atoms with Gasteiger partial charge in [0.15, 0.2) is 0 Å². The summed E-state index contributed by atoms with van der Waals surface area (Å²) < 4.78 is 17.7. The number of hydrogen-bond acceptors (Lipinski definition) is 5. The fourth-order valence-corrected chi connectivity index (χ4v) is 5.25. The van der Waals surface area contributed by atoms with Crippen LogP contribution in [-0.2, 0) is 25.4 Å². The van der Waals surface area contributed by atoms with Crippen molar-refractivity contribution in [3.05, 3.63) is 35.4 Å². The number of benzene rings is 1. The van der Waals surface area contributed by atoms with Crippen molar-refractivity contribution in [2.45, 2.75) is 52.2 Å². The molecule has 5 nitrogen and oxygen atoms in total. The Kier molecular flexibility index (Phi) is 8.39. The van der Waals surface area contributed by atoms with E-state index in [1.54, 1.807) is 0 Å². The molecule has 1 aromatic rings. The fourth-order valence-electron chi connectivity index (χ4n) is 2.67. The van der Waals surface area contributed by atoms with E-state index < -0.39 is 14.5 Å². The minimum absolute atomic E-state index is 0.584. The predicted octanol–water partition coefficient (Wildman–Crippen LogP) is 2.76. The quantitative estimate of drug-likeness (QED) is 0.478. The maximum absolute atomic E-state index is 6.25. The van der Waals surface area contributed by atoms with Gasteiger partial charge in [0.25, 0.3) is 0 Å². The summed E-state index contributed by atoms with van der Waals surface area (Å²) in [6, 6.07) is 8.78. The molecule has 6 heteroatoms.